The summed E-state index contributed by atoms with van der Waals surface area (Å²) in [6.07, 6.45) is 5.82. The van der Waals surface area contributed by atoms with Crippen LogP contribution in [0.25, 0.3) is 0 Å². The van der Waals surface area contributed by atoms with Gasteiger partial charge in [0.1, 0.15) is 0 Å². The highest BCUT2D eigenvalue weighted by molar-refractivity contribution is 6.17. The van der Waals surface area contributed by atoms with E-state index in [-0.39, 0.29) is 0 Å². The van der Waals surface area contributed by atoms with Crippen LogP contribution in [0.3, 0.4) is 0 Å². The van der Waals surface area contributed by atoms with Crippen molar-refractivity contribution in [3.05, 3.63) is 0 Å². The first-order chi connectivity index (χ1) is 6.28. The second-order valence-corrected chi connectivity index (χ2v) is 3.99. The van der Waals surface area contributed by atoms with Crippen molar-refractivity contribution in [2.45, 2.75) is 52.0 Å². The van der Waals surface area contributed by atoms with Crippen molar-refractivity contribution in [3.63, 3.8) is 0 Å². The van der Waals surface area contributed by atoms with Gasteiger partial charge in [-0.1, -0.05) is 26.7 Å². The summed E-state index contributed by atoms with van der Waals surface area (Å²) >= 11 is 5.64. The minimum Gasteiger partial charge on any atom is -0.271 e. The fraction of sp³-hybridized carbons (Fsp3) is 1.00. The monoisotopic (exact) mass is 206 g/mol. The quantitative estimate of drug-likeness (QED) is 0.364. The molecule has 0 aliphatic rings. The summed E-state index contributed by atoms with van der Waals surface area (Å²) in [6.45, 7) is 4.48. The summed E-state index contributed by atoms with van der Waals surface area (Å²) in [6, 6.07) is 0.448. The standard InChI is InChI=1S/C10H23ClN2/c1-3-9(4-2)8-10(13-12)6-5-7-11/h9-10,13H,3-8,12H2,1-2H3. The van der Waals surface area contributed by atoms with Crippen molar-refractivity contribution < 1.29 is 0 Å². The maximum Gasteiger partial charge on any atom is 0.0224 e. The minimum atomic E-state index is 0.448. The van der Waals surface area contributed by atoms with Crippen LogP contribution >= 0.6 is 11.6 Å². The first-order valence-corrected chi connectivity index (χ1v) is 5.83. The van der Waals surface area contributed by atoms with E-state index in [1.807, 2.05) is 0 Å². The van der Waals surface area contributed by atoms with Gasteiger partial charge in [-0.2, -0.15) is 0 Å². The number of hydrogen-bond acceptors (Lipinski definition) is 2. The minimum absolute atomic E-state index is 0.448. The number of hydrogen-bond donors (Lipinski definition) is 2. The molecule has 0 aromatic heterocycles. The number of halogens is 1. The molecule has 0 saturated heterocycles. The van der Waals surface area contributed by atoms with E-state index in [0.717, 1.165) is 24.6 Å². The molecule has 0 amide bonds. The van der Waals surface area contributed by atoms with Crippen LogP contribution in [-0.2, 0) is 0 Å². The molecule has 3 heteroatoms. The van der Waals surface area contributed by atoms with E-state index in [0.29, 0.717) is 6.04 Å². The molecule has 0 aromatic rings. The number of nitrogens with one attached hydrogen (secondary N) is 1. The maximum absolute atomic E-state index is 5.64. The second-order valence-electron chi connectivity index (χ2n) is 3.61. The van der Waals surface area contributed by atoms with Gasteiger partial charge in [-0.25, -0.2) is 0 Å². The Labute approximate surface area is 87.2 Å². The predicted molar refractivity (Wildman–Crippen MR) is 59.8 cm³/mol. The SMILES string of the molecule is CCC(CC)CC(CCCCl)NN. The van der Waals surface area contributed by atoms with Crippen LogP contribution in [0, 0.1) is 5.92 Å². The number of alkyl halides is 1. The second kappa shape index (κ2) is 8.79. The third-order valence-electron chi connectivity index (χ3n) is 2.69. The van der Waals surface area contributed by atoms with Gasteiger partial charge < -0.3 is 0 Å². The molecule has 13 heavy (non-hydrogen) atoms. The predicted octanol–water partition coefficient (Wildman–Crippen LogP) is 2.66. The summed E-state index contributed by atoms with van der Waals surface area (Å²) in [4.78, 5) is 0. The van der Waals surface area contributed by atoms with Gasteiger partial charge >= 0.3 is 0 Å². The van der Waals surface area contributed by atoms with Crippen LogP contribution in [0.5, 0.6) is 0 Å². The molecule has 0 fully saturated rings. The molecule has 2 nitrogen and oxygen atoms in total. The summed E-state index contributed by atoms with van der Waals surface area (Å²) in [7, 11) is 0. The van der Waals surface area contributed by atoms with Crippen molar-refractivity contribution in [2.24, 2.45) is 11.8 Å². The molecule has 0 radical (unpaired) electrons. The highest BCUT2D eigenvalue weighted by atomic mass is 35.5. The lowest BCUT2D eigenvalue weighted by atomic mass is 9.93. The summed E-state index contributed by atoms with van der Waals surface area (Å²) in [5.41, 5.74) is 2.88. The van der Waals surface area contributed by atoms with Gasteiger partial charge in [-0.05, 0) is 25.2 Å². The Bertz CT molecular complexity index is 105. The molecule has 1 unspecified atom stereocenters. The van der Waals surface area contributed by atoms with E-state index in [2.05, 4.69) is 19.3 Å². The summed E-state index contributed by atoms with van der Waals surface area (Å²) in [5, 5.41) is 0. The largest absolute Gasteiger partial charge is 0.271 e. The Balaban J connectivity index is 3.67. The van der Waals surface area contributed by atoms with Gasteiger partial charge in [-0.15, -0.1) is 11.6 Å². The van der Waals surface area contributed by atoms with E-state index in [9.17, 15) is 0 Å². The molecular formula is C10H23ClN2. The van der Waals surface area contributed by atoms with Gasteiger partial charge in [-0.3, -0.25) is 11.3 Å². The summed E-state index contributed by atoms with van der Waals surface area (Å²) in [5.74, 6) is 7.02. The Morgan fingerprint density at radius 2 is 1.92 bits per heavy atom. The lowest BCUT2D eigenvalue weighted by molar-refractivity contribution is 0.353. The van der Waals surface area contributed by atoms with Gasteiger partial charge in [0.2, 0.25) is 0 Å². The Kier molecular flexibility index (Phi) is 8.93. The molecule has 0 aliphatic heterocycles. The zero-order valence-electron chi connectivity index (χ0n) is 8.85. The zero-order chi connectivity index (χ0) is 10.1. The van der Waals surface area contributed by atoms with E-state index >= 15 is 0 Å². The zero-order valence-corrected chi connectivity index (χ0v) is 9.61. The molecule has 0 bridgehead atoms. The number of nitrogens with two attached hydrogens (primary N) is 1. The third kappa shape index (κ3) is 6.30. The normalized spacial score (nSPS) is 13.6. The lowest BCUT2D eigenvalue weighted by Crippen LogP contribution is -2.36. The molecule has 1 atom stereocenters. The Hall–Kier alpha value is 0.210. The highest BCUT2D eigenvalue weighted by Gasteiger charge is 2.11. The average Bonchev–Trinajstić information content (AvgIpc) is 2.19. The topological polar surface area (TPSA) is 38.0 Å². The van der Waals surface area contributed by atoms with Crippen LogP contribution in [0.2, 0.25) is 0 Å². The van der Waals surface area contributed by atoms with E-state index in [4.69, 9.17) is 17.4 Å². The fourth-order valence-electron chi connectivity index (χ4n) is 1.62. The summed E-state index contributed by atoms with van der Waals surface area (Å²) < 4.78 is 0. The van der Waals surface area contributed by atoms with Crippen LogP contribution < -0.4 is 11.3 Å². The molecule has 0 rings (SSSR count). The van der Waals surface area contributed by atoms with Crippen molar-refractivity contribution in [1.29, 1.82) is 0 Å². The van der Waals surface area contributed by atoms with Crippen LogP contribution in [0.15, 0.2) is 0 Å². The molecule has 0 heterocycles. The molecule has 80 valence electrons. The van der Waals surface area contributed by atoms with Gasteiger partial charge in [0.05, 0.1) is 0 Å². The third-order valence-corrected chi connectivity index (χ3v) is 2.96. The smallest absolute Gasteiger partial charge is 0.0224 e. The van der Waals surface area contributed by atoms with E-state index in [1.54, 1.807) is 0 Å². The highest BCUT2D eigenvalue weighted by Crippen LogP contribution is 2.17. The van der Waals surface area contributed by atoms with Gasteiger partial charge in [0, 0.05) is 11.9 Å². The lowest BCUT2D eigenvalue weighted by Gasteiger charge is -2.20. The molecule has 0 saturated carbocycles. The Morgan fingerprint density at radius 3 is 2.31 bits per heavy atom. The molecule has 0 aliphatic carbocycles. The van der Waals surface area contributed by atoms with Crippen molar-refractivity contribution >= 4 is 11.6 Å². The van der Waals surface area contributed by atoms with E-state index < -0.39 is 0 Å². The number of rotatable bonds is 8. The van der Waals surface area contributed by atoms with Gasteiger partial charge in [0.25, 0.3) is 0 Å². The Morgan fingerprint density at radius 1 is 1.31 bits per heavy atom. The van der Waals surface area contributed by atoms with Crippen LogP contribution in [0.4, 0.5) is 0 Å². The van der Waals surface area contributed by atoms with Crippen LogP contribution in [-0.4, -0.2) is 11.9 Å². The maximum atomic E-state index is 5.64. The number of hydrazine groups is 1. The first-order valence-electron chi connectivity index (χ1n) is 5.30. The van der Waals surface area contributed by atoms with Gasteiger partial charge in [0.15, 0.2) is 0 Å². The molecule has 3 N–H and O–H groups in total. The average molecular weight is 207 g/mol. The van der Waals surface area contributed by atoms with Crippen molar-refractivity contribution in [2.75, 3.05) is 5.88 Å². The first kappa shape index (κ1) is 13.2. The fourth-order valence-corrected chi connectivity index (χ4v) is 1.77. The molecular weight excluding hydrogens is 184 g/mol. The molecule has 0 aromatic carbocycles. The van der Waals surface area contributed by atoms with E-state index in [1.165, 1.54) is 19.3 Å². The van der Waals surface area contributed by atoms with Crippen LogP contribution in [0.1, 0.15) is 46.0 Å². The van der Waals surface area contributed by atoms with Crippen molar-refractivity contribution in [3.8, 4) is 0 Å². The van der Waals surface area contributed by atoms with Crippen molar-refractivity contribution in [1.82, 2.24) is 5.43 Å². The molecule has 0 spiro atoms.